The molecule has 2 atom stereocenters. The van der Waals surface area contributed by atoms with Crippen molar-refractivity contribution in [3.63, 3.8) is 0 Å². The van der Waals surface area contributed by atoms with Gasteiger partial charge in [-0.05, 0) is 31.9 Å². The Morgan fingerprint density at radius 2 is 2.33 bits per heavy atom. The molecule has 1 fully saturated rings. The van der Waals surface area contributed by atoms with E-state index in [4.69, 9.17) is 0 Å². The van der Waals surface area contributed by atoms with E-state index in [1.165, 1.54) is 16.2 Å². The van der Waals surface area contributed by atoms with Crippen LogP contribution in [0, 0.1) is 6.92 Å². The number of carbonyl (C=O) groups is 1. The number of rotatable bonds is 5. The highest BCUT2D eigenvalue weighted by Crippen LogP contribution is 2.19. The van der Waals surface area contributed by atoms with Crippen LogP contribution in [0.4, 0.5) is 0 Å². The Labute approximate surface area is 150 Å². The molecule has 0 spiro atoms. The Kier molecular flexibility index (Phi) is 5.65. The molecule has 3 heterocycles. The molecule has 1 aliphatic heterocycles. The number of aromatic nitrogens is 1. The van der Waals surface area contributed by atoms with E-state index >= 15 is 0 Å². The normalized spacial score (nSPS) is 21.8. The molecule has 0 unspecified atom stereocenters. The van der Waals surface area contributed by atoms with Crippen molar-refractivity contribution in [2.75, 3.05) is 13.1 Å². The lowest BCUT2D eigenvalue weighted by Crippen LogP contribution is -2.53. The van der Waals surface area contributed by atoms with Crippen LogP contribution in [0.1, 0.15) is 38.6 Å². The molecule has 130 valence electrons. The highest BCUT2D eigenvalue weighted by atomic mass is 32.1. The van der Waals surface area contributed by atoms with E-state index in [9.17, 15) is 9.90 Å². The van der Waals surface area contributed by atoms with Crippen LogP contribution in [0.25, 0.3) is 0 Å². The minimum atomic E-state index is -0.548. The maximum absolute atomic E-state index is 12.3. The average molecular weight is 366 g/mol. The van der Waals surface area contributed by atoms with Crippen molar-refractivity contribution >= 4 is 28.6 Å². The maximum Gasteiger partial charge on any atom is 0.261 e. The van der Waals surface area contributed by atoms with Crippen LogP contribution >= 0.6 is 22.7 Å². The van der Waals surface area contributed by atoms with Crippen LogP contribution in [0.3, 0.4) is 0 Å². The third-order valence-electron chi connectivity index (χ3n) is 4.27. The number of thiophene rings is 1. The first-order chi connectivity index (χ1) is 11.5. The van der Waals surface area contributed by atoms with Crippen LogP contribution < -0.4 is 5.32 Å². The van der Waals surface area contributed by atoms with Crippen molar-refractivity contribution in [3.05, 3.63) is 38.0 Å². The van der Waals surface area contributed by atoms with E-state index in [0.717, 1.165) is 41.5 Å². The molecule has 0 aliphatic carbocycles. The molecule has 2 aromatic rings. The van der Waals surface area contributed by atoms with Gasteiger partial charge in [-0.2, -0.15) is 0 Å². The summed E-state index contributed by atoms with van der Waals surface area (Å²) in [6.07, 6.45) is 1.14. The van der Waals surface area contributed by atoms with Gasteiger partial charge in [-0.1, -0.05) is 6.92 Å². The summed E-state index contributed by atoms with van der Waals surface area (Å²) in [7, 11) is 0. The number of β-amino-alcohol motifs (C(OH)–C–C–N with tert-alkyl or cyclic N) is 1. The summed E-state index contributed by atoms with van der Waals surface area (Å²) < 4.78 is 0. The zero-order valence-corrected chi connectivity index (χ0v) is 15.6. The molecule has 1 amide bonds. The minimum Gasteiger partial charge on any atom is -0.390 e. The first kappa shape index (κ1) is 17.5. The number of piperidine rings is 1. The van der Waals surface area contributed by atoms with Gasteiger partial charge in [0.25, 0.3) is 5.91 Å². The van der Waals surface area contributed by atoms with E-state index in [0.29, 0.717) is 6.54 Å². The molecule has 1 aliphatic rings. The molecular formula is C17H23N3O2S2. The lowest BCUT2D eigenvalue weighted by atomic mass is 10.0. The van der Waals surface area contributed by atoms with Gasteiger partial charge in [-0.3, -0.25) is 9.69 Å². The number of amides is 1. The second-order valence-corrected chi connectivity index (χ2v) is 8.38. The zero-order valence-electron chi connectivity index (χ0n) is 14.0. The van der Waals surface area contributed by atoms with Crippen molar-refractivity contribution < 1.29 is 9.90 Å². The molecule has 2 N–H and O–H groups in total. The van der Waals surface area contributed by atoms with Crippen molar-refractivity contribution in [2.45, 2.75) is 45.4 Å². The van der Waals surface area contributed by atoms with Crippen molar-refractivity contribution in [3.8, 4) is 0 Å². The monoisotopic (exact) mass is 365 g/mol. The van der Waals surface area contributed by atoms with Gasteiger partial charge in [-0.15, -0.1) is 22.7 Å². The number of thiazole rings is 1. The highest BCUT2D eigenvalue weighted by Gasteiger charge is 2.29. The number of aliphatic hydroxyl groups is 1. The summed E-state index contributed by atoms with van der Waals surface area (Å²) in [6, 6.07) is 3.68. The molecule has 7 heteroatoms. The Bertz CT molecular complexity index is 698. The summed E-state index contributed by atoms with van der Waals surface area (Å²) in [6.45, 7) is 6.25. The topological polar surface area (TPSA) is 65.5 Å². The molecule has 0 radical (unpaired) electrons. The van der Waals surface area contributed by atoms with E-state index in [2.05, 4.69) is 27.5 Å². The van der Waals surface area contributed by atoms with Crippen molar-refractivity contribution in [1.29, 1.82) is 0 Å². The second-order valence-electron chi connectivity index (χ2n) is 6.15. The predicted octanol–water partition coefficient (Wildman–Crippen LogP) is 2.44. The number of aryl methyl sites for hydroxylation is 2. The number of nitrogens with zero attached hydrogens (tertiary/aromatic N) is 2. The Morgan fingerprint density at radius 3 is 2.96 bits per heavy atom. The van der Waals surface area contributed by atoms with E-state index in [1.54, 1.807) is 11.3 Å². The van der Waals surface area contributed by atoms with Gasteiger partial charge in [0.1, 0.15) is 0 Å². The largest absolute Gasteiger partial charge is 0.390 e. The lowest BCUT2D eigenvalue weighted by Gasteiger charge is -2.35. The van der Waals surface area contributed by atoms with E-state index in [-0.39, 0.29) is 11.9 Å². The number of carbonyl (C=O) groups excluding carboxylic acids is 1. The average Bonchev–Trinajstić information content (AvgIpc) is 3.19. The standard InChI is InChI=1S/C17H23N3O2S2/c1-3-13-4-5-16(24-13)17(22)19-14-6-7-20(9-15(14)21)8-12-10-23-11(2)18-12/h4-5,10,14-15,21H,3,6-9H2,1-2H3,(H,19,22)/t14-,15-/m1/s1. The second kappa shape index (κ2) is 7.74. The van der Waals surface area contributed by atoms with Gasteiger partial charge in [0.2, 0.25) is 0 Å². The first-order valence-electron chi connectivity index (χ1n) is 8.26. The van der Waals surface area contributed by atoms with Gasteiger partial charge in [0, 0.05) is 29.9 Å². The quantitative estimate of drug-likeness (QED) is 0.854. The Hall–Kier alpha value is -1.28. The van der Waals surface area contributed by atoms with Crippen LogP contribution in [-0.4, -0.2) is 46.1 Å². The summed E-state index contributed by atoms with van der Waals surface area (Å²) in [5, 5.41) is 16.5. The van der Waals surface area contributed by atoms with Gasteiger partial charge in [0.15, 0.2) is 0 Å². The fourth-order valence-corrected chi connectivity index (χ4v) is 4.40. The molecule has 0 bridgehead atoms. The third-order valence-corrected chi connectivity index (χ3v) is 6.32. The minimum absolute atomic E-state index is 0.0765. The van der Waals surface area contributed by atoms with Gasteiger partial charge >= 0.3 is 0 Å². The van der Waals surface area contributed by atoms with Gasteiger partial charge in [0.05, 0.1) is 27.7 Å². The highest BCUT2D eigenvalue weighted by molar-refractivity contribution is 7.14. The molecular weight excluding hydrogens is 342 g/mol. The summed E-state index contributed by atoms with van der Waals surface area (Å²) in [4.78, 5) is 20.9. The zero-order chi connectivity index (χ0) is 17.1. The molecule has 0 saturated carbocycles. The smallest absolute Gasteiger partial charge is 0.261 e. The third kappa shape index (κ3) is 4.22. The Balaban J connectivity index is 1.52. The van der Waals surface area contributed by atoms with Crippen molar-refractivity contribution in [2.24, 2.45) is 0 Å². The first-order valence-corrected chi connectivity index (χ1v) is 9.95. The fourth-order valence-electron chi connectivity index (χ4n) is 2.95. The van der Waals surface area contributed by atoms with E-state index in [1.807, 2.05) is 19.1 Å². The molecule has 0 aromatic carbocycles. The van der Waals surface area contributed by atoms with Crippen LogP contribution in [0.5, 0.6) is 0 Å². The Morgan fingerprint density at radius 1 is 1.50 bits per heavy atom. The van der Waals surface area contributed by atoms with Crippen molar-refractivity contribution in [1.82, 2.24) is 15.2 Å². The molecule has 2 aromatic heterocycles. The SMILES string of the molecule is CCc1ccc(C(=O)N[C@@H]2CCN(Cc3csc(C)n3)C[C@H]2O)s1. The predicted molar refractivity (Wildman–Crippen MR) is 97.7 cm³/mol. The maximum atomic E-state index is 12.3. The number of nitrogens with one attached hydrogen (secondary N) is 1. The summed E-state index contributed by atoms with van der Waals surface area (Å²) in [5.41, 5.74) is 1.05. The summed E-state index contributed by atoms with van der Waals surface area (Å²) in [5.74, 6) is -0.0765. The molecule has 24 heavy (non-hydrogen) atoms. The number of likely N-dealkylation sites (tertiary alicyclic amines) is 1. The van der Waals surface area contributed by atoms with Crippen LogP contribution in [-0.2, 0) is 13.0 Å². The summed E-state index contributed by atoms with van der Waals surface area (Å²) >= 11 is 3.17. The fraction of sp³-hybridized carbons (Fsp3) is 0.529. The van der Waals surface area contributed by atoms with Gasteiger partial charge in [-0.25, -0.2) is 4.98 Å². The molecule has 3 rings (SSSR count). The van der Waals surface area contributed by atoms with Crippen LogP contribution in [0.2, 0.25) is 0 Å². The van der Waals surface area contributed by atoms with E-state index < -0.39 is 6.10 Å². The number of hydrogen-bond donors (Lipinski definition) is 2. The van der Waals surface area contributed by atoms with Gasteiger partial charge < -0.3 is 10.4 Å². The molecule has 5 nitrogen and oxygen atoms in total. The number of hydrogen-bond acceptors (Lipinski definition) is 6. The molecule has 1 saturated heterocycles. The lowest BCUT2D eigenvalue weighted by molar-refractivity contribution is 0.0347. The number of aliphatic hydroxyl groups excluding tert-OH is 1. The van der Waals surface area contributed by atoms with Crippen LogP contribution in [0.15, 0.2) is 17.5 Å².